The Balaban J connectivity index is 1.30. The maximum Gasteiger partial charge on any atom is 0.0619 e. The highest BCUT2D eigenvalue weighted by atomic mass is 15.0. The number of pyridine rings is 1. The smallest absolute Gasteiger partial charge is 0.0619 e. The van der Waals surface area contributed by atoms with Crippen LogP contribution in [0.5, 0.6) is 0 Å². The van der Waals surface area contributed by atoms with E-state index in [4.69, 9.17) is 0 Å². The molecule has 2 heterocycles. The molecule has 0 radical (unpaired) electrons. The first-order valence-electron chi connectivity index (χ1n) is 16.1. The maximum atomic E-state index is 4.36. The molecule has 2 nitrogen and oxygen atoms in total. The standard InChI is InChI=1S/C45H28N2/c1-2-9-30-25-36(19-15-29(30)8-1)47-44-27-34(43-26-32-10-3-4-12-37(32)39-13-5-6-14-40(39)43)17-21-41(44)42-22-18-33-24-31(16-20-38(33)45(42)47)35-11-7-23-46-28-35/h1-28H. The van der Waals surface area contributed by atoms with Crippen molar-refractivity contribution in [1.29, 1.82) is 0 Å². The fraction of sp³-hybridized carbons (Fsp3) is 0. The molecule has 10 aromatic rings. The third-order valence-electron chi connectivity index (χ3n) is 9.81. The molecule has 0 fully saturated rings. The van der Waals surface area contributed by atoms with Gasteiger partial charge in [-0.3, -0.25) is 4.98 Å². The van der Waals surface area contributed by atoms with E-state index >= 15 is 0 Å². The van der Waals surface area contributed by atoms with Crippen LogP contribution in [-0.4, -0.2) is 9.55 Å². The van der Waals surface area contributed by atoms with Gasteiger partial charge in [-0.2, -0.15) is 0 Å². The van der Waals surface area contributed by atoms with E-state index in [1.165, 1.54) is 81.6 Å². The fourth-order valence-electron chi connectivity index (χ4n) is 7.59. The quantitative estimate of drug-likeness (QED) is 0.186. The summed E-state index contributed by atoms with van der Waals surface area (Å²) >= 11 is 0. The van der Waals surface area contributed by atoms with Crippen molar-refractivity contribution in [1.82, 2.24) is 9.55 Å². The van der Waals surface area contributed by atoms with Crippen molar-refractivity contribution in [2.24, 2.45) is 0 Å². The monoisotopic (exact) mass is 596 g/mol. The van der Waals surface area contributed by atoms with Crippen molar-refractivity contribution in [3.05, 3.63) is 170 Å². The van der Waals surface area contributed by atoms with Gasteiger partial charge < -0.3 is 4.57 Å². The Bertz CT molecular complexity index is 2840. The number of rotatable bonds is 3. The first kappa shape index (κ1) is 26.0. The number of benzene rings is 8. The van der Waals surface area contributed by atoms with E-state index in [2.05, 4.69) is 161 Å². The Morgan fingerprint density at radius 3 is 1.96 bits per heavy atom. The second-order valence-electron chi connectivity index (χ2n) is 12.4. The van der Waals surface area contributed by atoms with E-state index in [-0.39, 0.29) is 0 Å². The lowest BCUT2D eigenvalue weighted by Crippen LogP contribution is -1.95. The molecule has 218 valence electrons. The molecule has 0 saturated carbocycles. The van der Waals surface area contributed by atoms with Gasteiger partial charge in [-0.15, -0.1) is 0 Å². The van der Waals surface area contributed by atoms with Crippen molar-refractivity contribution < 1.29 is 0 Å². The average Bonchev–Trinajstić information content (AvgIpc) is 3.48. The molecule has 2 aromatic heterocycles. The van der Waals surface area contributed by atoms with Gasteiger partial charge in [0.05, 0.1) is 11.0 Å². The van der Waals surface area contributed by atoms with Gasteiger partial charge in [-0.1, -0.05) is 121 Å². The number of aromatic nitrogens is 2. The molecular formula is C45H28N2. The number of fused-ring (bicyclic) bond motifs is 9. The van der Waals surface area contributed by atoms with Crippen LogP contribution in [0.2, 0.25) is 0 Å². The van der Waals surface area contributed by atoms with Crippen LogP contribution in [0.4, 0.5) is 0 Å². The van der Waals surface area contributed by atoms with E-state index in [1.54, 1.807) is 0 Å². The summed E-state index contributed by atoms with van der Waals surface area (Å²) in [6.07, 6.45) is 3.76. The summed E-state index contributed by atoms with van der Waals surface area (Å²) < 4.78 is 2.48. The van der Waals surface area contributed by atoms with Gasteiger partial charge in [0, 0.05) is 39.8 Å². The lowest BCUT2D eigenvalue weighted by molar-refractivity contribution is 1.19. The minimum absolute atomic E-state index is 1.12. The second-order valence-corrected chi connectivity index (χ2v) is 12.4. The van der Waals surface area contributed by atoms with Crippen LogP contribution in [0, 0.1) is 0 Å². The highest BCUT2D eigenvalue weighted by molar-refractivity contribution is 6.20. The second kappa shape index (κ2) is 10.1. The molecule has 10 rings (SSSR count). The van der Waals surface area contributed by atoms with Gasteiger partial charge in [0.25, 0.3) is 0 Å². The van der Waals surface area contributed by atoms with Crippen LogP contribution in [-0.2, 0) is 0 Å². The molecule has 0 aliphatic heterocycles. The normalized spacial score (nSPS) is 11.8. The van der Waals surface area contributed by atoms with Gasteiger partial charge in [-0.25, -0.2) is 0 Å². The summed E-state index contributed by atoms with van der Waals surface area (Å²) in [6, 6.07) is 57.9. The number of hydrogen-bond acceptors (Lipinski definition) is 1. The third-order valence-corrected chi connectivity index (χ3v) is 9.81. The van der Waals surface area contributed by atoms with Crippen molar-refractivity contribution in [2.75, 3.05) is 0 Å². The van der Waals surface area contributed by atoms with Crippen molar-refractivity contribution in [3.8, 4) is 27.9 Å². The Kier molecular flexibility index (Phi) is 5.61. The van der Waals surface area contributed by atoms with E-state index < -0.39 is 0 Å². The van der Waals surface area contributed by atoms with Crippen molar-refractivity contribution >= 4 is 64.9 Å². The zero-order valence-corrected chi connectivity index (χ0v) is 25.6. The SMILES string of the molecule is c1cncc(-c2ccc3c(ccc4c5ccc(-c6cc7ccccc7c7ccccc67)cc5n(-c5ccc6ccccc6c5)c34)c2)c1. The lowest BCUT2D eigenvalue weighted by atomic mass is 9.93. The summed E-state index contributed by atoms with van der Waals surface area (Å²) in [5.74, 6) is 0. The van der Waals surface area contributed by atoms with Gasteiger partial charge in [-0.05, 0) is 90.8 Å². The molecule has 0 aliphatic carbocycles. The molecule has 0 N–H and O–H groups in total. The maximum absolute atomic E-state index is 4.36. The zero-order chi connectivity index (χ0) is 30.9. The summed E-state index contributed by atoms with van der Waals surface area (Å²) in [5, 5.41) is 12.5. The molecule has 0 atom stereocenters. The van der Waals surface area contributed by atoms with Crippen molar-refractivity contribution in [2.45, 2.75) is 0 Å². The van der Waals surface area contributed by atoms with Gasteiger partial charge >= 0.3 is 0 Å². The summed E-state index contributed by atoms with van der Waals surface area (Å²) in [6.45, 7) is 0. The van der Waals surface area contributed by atoms with Crippen LogP contribution in [0.3, 0.4) is 0 Å². The lowest BCUT2D eigenvalue weighted by Gasteiger charge is -2.14. The highest BCUT2D eigenvalue weighted by Crippen LogP contribution is 2.41. The highest BCUT2D eigenvalue weighted by Gasteiger charge is 2.18. The van der Waals surface area contributed by atoms with Crippen LogP contribution in [0.15, 0.2) is 170 Å². The Morgan fingerprint density at radius 1 is 0.383 bits per heavy atom. The van der Waals surface area contributed by atoms with Gasteiger partial charge in [0.1, 0.15) is 0 Å². The van der Waals surface area contributed by atoms with E-state index in [1.807, 2.05) is 18.5 Å². The predicted molar refractivity (Wildman–Crippen MR) is 199 cm³/mol. The summed E-state index contributed by atoms with van der Waals surface area (Å²) in [5.41, 5.74) is 8.35. The minimum atomic E-state index is 1.12. The molecule has 0 bridgehead atoms. The van der Waals surface area contributed by atoms with Crippen LogP contribution in [0.1, 0.15) is 0 Å². The van der Waals surface area contributed by atoms with Crippen LogP contribution < -0.4 is 0 Å². The first-order valence-corrected chi connectivity index (χ1v) is 16.1. The van der Waals surface area contributed by atoms with E-state index in [9.17, 15) is 0 Å². The third kappa shape index (κ3) is 4.02. The Hall–Kier alpha value is -6.25. The molecule has 0 aliphatic rings. The molecule has 8 aromatic carbocycles. The zero-order valence-electron chi connectivity index (χ0n) is 25.6. The molecule has 0 spiro atoms. The fourth-order valence-corrected chi connectivity index (χ4v) is 7.59. The largest absolute Gasteiger partial charge is 0.309 e. The van der Waals surface area contributed by atoms with Gasteiger partial charge in [0.2, 0.25) is 0 Å². The molecule has 2 heteroatoms. The van der Waals surface area contributed by atoms with E-state index in [0.29, 0.717) is 0 Å². The predicted octanol–water partition coefficient (Wildman–Crippen LogP) is 12.1. The van der Waals surface area contributed by atoms with Crippen LogP contribution >= 0.6 is 0 Å². The van der Waals surface area contributed by atoms with Crippen LogP contribution in [0.25, 0.3) is 92.8 Å². The topological polar surface area (TPSA) is 17.8 Å². The Morgan fingerprint density at radius 2 is 1.09 bits per heavy atom. The first-order chi connectivity index (χ1) is 23.3. The molecule has 47 heavy (non-hydrogen) atoms. The summed E-state index contributed by atoms with van der Waals surface area (Å²) in [4.78, 5) is 4.36. The van der Waals surface area contributed by atoms with E-state index in [0.717, 1.165) is 11.3 Å². The van der Waals surface area contributed by atoms with Gasteiger partial charge in [0.15, 0.2) is 0 Å². The number of hydrogen-bond donors (Lipinski definition) is 0. The minimum Gasteiger partial charge on any atom is -0.309 e. The molecule has 0 amide bonds. The molecule has 0 unspecified atom stereocenters. The van der Waals surface area contributed by atoms with Crippen molar-refractivity contribution in [3.63, 3.8) is 0 Å². The summed E-state index contributed by atoms with van der Waals surface area (Å²) in [7, 11) is 0. The average molecular weight is 597 g/mol. The number of nitrogens with zero attached hydrogens (tertiary/aromatic N) is 2. The Labute approximate surface area is 271 Å². The molecule has 0 saturated heterocycles. The molecular weight excluding hydrogens is 569 g/mol.